The molecule has 0 radical (unpaired) electrons. The van der Waals surface area contributed by atoms with Gasteiger partial charge in [-0.3, -0.25) is 4.79 Å². The molecule has 0 aliphatic carbocycles. The van der Waals surface area contributed by atoms with Gasteiger partial charge in [-0.15, -0.1) is 0 Å². The van der Waals surface area contributed by atoms with Gasteiger partial charge in [-0.25, -0.2) is 0 Å². The normalized spacial score (nSPS) is 27.2. The highest BCUT2D eigenvalue weighted by molar-refractivity contribution is 5.76. The average Bonchev–Trinajstić information content (AvgIpc) is 0.788. The van der Waals surface area contributed by atoms with E-state index >= 15 is 0 Å². The molecule has 0 saturated carbocycles. The maximum absolute atomic E-state index is 13.5. The van der Waals surface area contributed by atoms with E-state index in [-0.39, 0.29) is 18.9 Å². The molecule has 12 N–H and O–H groups in total. The van der Waals surface area contributed by atoms with Crippen LogP contribution in [-0.2, 0) is 33.2 Å². The van der Waals surface area contributed by atoms with Gasteiger partial charge in [-0.1, -0.05) is 294 Å². The van der Waals surface area contributed by atoms with Gasteiger partial charge in [-0.05, 0) is 51.4 Å². The van der Waals surface area contributed by atoms with Crippen molar-refractivity contribution < 1.29 is 89.4 Å². The largest absolute Gasteiger partial charge is 0.394 e. The summed E-state index contributed by atoms with van der Waals surface area (Å²) in [7, 11) is 0. The second kappa shape index (κ2) is 58.5. The summed E-state index contributed by atoms with van der Waals surface area (Å²) in [5.74, 6) is -0.243. The minimum Gasteiger partial charge on any atom is -0.394 e. The Morgan fingerprint density at radius 3 is 1.07 bits per heavy atom. The fourth-order valence-corrected chi connectivity index (χ4v) is 13.4. The van der Waals surface area contributed by atoms with Gasteiger partial charge in [-0.2, -0.15) is 0 Å². The van der Waals surface area contributed by atoms with Crippen LogP contribution in [0.4, 0.5) is 0 Å². The fourth-order valence-electron chi connectivity index (χ4n) is 13.4. The molecule has 0 spiro atoms. The topological polar surface area (TPSA) is 307 Å². The highest BCUT2D eigenvalue weighted by atomic mass is 16.8. The Hall–Kier alpha value is -1.99. The van der Waals surface area contributed by atoms with E-state index < -0.39 is 124 Å². The summed E-state index contributed by atoms with van der Waals surface area (Å²) in [6.07, 6.45) is 43.6. The first-order chi connectivity index (χ1) is 46.8. The van der Waals surface area contributed by atoms with Crippen molar-refractivity contribution in [2.24, 2.45) is 0 Å². The molecule has 0 aromatic carbocycles. The lowest BCUT2D eigenvalue weighted by molar-refractivity contribution is -0.379. The summed E-state index contributed by atoms with van der Waals surface area (Å²) in [5.41, 5.74) is 0. The van der Waals surface area contributed by atoms with Crippen molar-refractivity contribution in [2.75, 3.05) is 26.4 Å². The number of amides is 1. The van der Waals surface area contributed by atoms with Gasteiger partial charge >= 0.3 is 0 Å². The lowest BCUT2D eigenvalue weighted by Crippen LogP contribution is -2.66. The van der Waals surface area contributed by atoms with Crippen LogP contribution in [0.5, 0.6) is 0 Å². The van der Waals surface area contributed by atoms with Crippen molar-refractivity contribution >= 4 is 5.91 Å². The zero-order valence-electron chi connectivity index (χ0n) is 60.1. The van der Waals surface area contributed by atoms with Crippen molar-refractivity contribution in [3.63, 3.8) is 0 Å². The number of aliphatic hydroxyl groups excluding tert-OH is 11. The van der Waals surface area contributed by atoms with Gasteiger partial charge in [0.15, 0.2) is 18.9 Å². The van der Waals surface area contributed by atoms with Crippen LogP contribution in [0, 0.1) is 0 Å². The average molecular weight is 1370 g/mol. The second-order valence-electron chi connectivity index (χ2n) is 28.2. The quantitative estimate of drug-likeness (QED) is 0.0199. The lowest BCUT2D eigenvalue weighted by Gasteiger charge is -2.48. The molecule has 3 fully saturated rings. The summed E-state index contributed by atoms with van der Waals surface area (Å²) < 4.78 is 34.5. The van der Waals surface area contributed by atoms with E-state index in [9.17, 15) is 61.0 Å². The predicted molar refractivity (Wildman–Crippen MR) is 379 cm³/mol. The molecule has 96 heavy (non-hydrogen) atoms. The number of rotatable bonds is 62. The number of aliphatic hydroxyl groups is 11. The Morgan fingerprint density at radius 1 is 0.375 bits per heavy atom. The van der Waals surface area contributed by atoms with Crippen LogP contribution < -0.4 is 5.32 Å². The third kappa shape index (κ3) is 38.9. The van der Waals surface area contributed by atoms with Crippen molar-refractivity contribution in [3.8, 4) is 0 Å². The van der Waals surface area contributed by atoms with Crippen molar-refractivity contribution in [1.29, 1.82) is 0 Å². The van der Waals surface area contributed by atoms with E-state index in [1.165, 1.54) is 218 Å². The molecule has 0 aromatic rings. The SMILES string of the molecule is CCCCCCC/C=C\C/C=C\C/C=C\CCCCCCCCCCCCC(=O)NC(COC1OC(CO)C(OC2OC(CO)C(OC3OC(CO)C(O)C(O)C3O)C(O)C2O)C(O)C1O)C(O)CCCCCCCCCCCCCCCCCCCCCCCCCCCC. The summed E-state index contributed by atoms with van der Waals surface area (Å²) in [6, 6.07) is -0.891. The molecule has 3 heterocycles. The van der Waals surface area contributed by atoms with Crippen LogP contribution in [0.15, 0.2) is 36.5 Å². The Kier molecular flexibility index (Phi) is 53.8. The van der Waals surface area contributed by atoms with E-state index in [0.29, 0.717) is 12.8 Å². The van der Waals surface area contributed by atoms with Gasteiger partial charge in [0.2, 0.25) is 5.91 Å². The number of nitrogens with one attached hydrogen (secondary N) is 1. The van der Waals surface area contributed by atoms with Crippen LogP contribution >= 0.6 is 0 Å². The standard InChI is InChI=1S/C77H143NO18/c1-3-5-7-9-11-13-15-17-19-21-23-25-27-29-31-32-34-36-38-40-42-44-46-48-50-52-54-61(82)60(78-65(83)55-53-51-49-47-45-43-41-39-37-35-33-30-28-26-24-22-20-18-16-14-12-10-8-6-4-2)59-91-75-71(89)68(86)73(63(57-80)93-75)96-77-72(90)69(87)74(64(58-81)94-77)95-76-70(88)67(85)66(84)62(56-79)92-76/h16,18,22,24,28,30,60-64,66-77,79-82,84-90H,3-15,17,19-21,23,25-27,29,31-59H2,1-2H3,(H,78,83)/b18-16-,24-22-,30-28-. The molecule has 19 heteroatoms. The molecule has 1 amide bonds. The Morgan fingerprint density at radius 2 is 0.688 bits per heavy atom. The maximum atomic E-state index is 13.5. The first kappa shape index (κ1) is 88.2. The highest BCUT2D eigenvalue weighted by Crippen LogP contribution is 2.33. The van der Waals surface area contributed by atoms with E-state index in [0.717, 1.165) is 64.2 Å². The molecule has 3 aliphatic heterocycles. The first-order valence-electron chi connectivity index (χ1n) is 39.2. The van der Waals surface area contributed by atoms with Crippen molar-refractivity contribution in [3.05, 3.63) is 36.5 Å². The van der Waals surface area contributed by atoms with E-state index in [4.69, 9.17) is 28.4 Å². The highest BCUT2D eigenvalue weighted by Gasteiger charge is 2.54. The number of carbonyl (C=O) groups is 1. The van der Waals surface area contributed by atoms with Crippen LogP contribution in [0.1, 0.15) is 316 Å². The molecule has 3 rings (SSSR count). The van der Waals surface area contributed by atoms with Crippen molar-refractivity contribution in [1.82, 2.24) is 5.32 Å². The lowest BCUT2D eigenvalue weighted by atomic mass is 9.96. The smallest absolute Gasteiger partial charge is 0.220 e. The first-order valence-corrected chi connectivity index (χ1v) is 39.2. The Bertz CT molecular complexity index is 1880. The maximum Gasteiger partial charge on any atom is 0.220 e. The number of hydrogen-bond donors (Lipinski definition) is 12. The summed E-state index contributed by atoms with van der Waals surface area (Å²) in [6.45, 7) is 1.83. The van der Waals surface area contributed by atoms with E-state index in [1.807, 2.05) is 0 Å². The molecular formula is C77H143NO18. The molecule has 19 nitrogen and oxygen atoms in total. The molecule has 17 atom stereocenters. The minimum atomic E-state index is -1.97. The molecular weight excluding hydrogens is 1230 g/mol. The van der Waals surface area contributed by atoms with Gasteiger partial charge in [0.05, 0.1) is 38.6 Å². The number of hydrogen-bond acceptors (Lipinski definition) is 18. The minimum absolute atomic E-state index is 0.243. The molecule has 3 aliphatic rings. The van der Waals surface area contributed by atoms with Gasteiger partial charge in [0.1, 0.15) is 73.2 Å². The zero-order valence-corrected chi connectivity index (χ0v) is 60.1. The van der Waals surface area contributed by atoms with Crippen LogP contribution in [0.2, 0.25) is 0 Å². The van der Waals surface area contributed by atoms with E-state index in [1.54, 1.807) is 0 Å². The van der Waals surface area contributed by atoms with Gasteiger partial charge < -0.3 is 89.9 Å². The fraction of sp³-hybridized carbons (Fsp3) is 0.909. The van der Waals surface area contributed by atoms with E-state index in [2.05, 4.69) is 55.6 Å². The molecule has 564 valence electrons. The van der Waals surface area contributed by atoms with Crippen LogP contribution in [0.3, 0.4) is 0 Å². The summed E-state index contributed by atoms with van der Waals surface area (Å²) in [5, 5.41) is 121. The Balaban J connectivity index is 1.39. The van der Waals surface area contributed by atoms with Crippen molar-refractivity contribution in [2.45, 2.75) is 420 Å². The van der Waals surface area contributed by atoms with Crippen LogP contribution in [-0.4, -0.2) is 193 Å². The van der Waals surface area contributed by atoms with Gasteiger partial charge in [0, 0.05) is 6.42 Å². The molecule has 3 saturated heterocycles. The monoisotopic (exact) mass is 1370 g/mol. The number of unbranched alkanes of at least 4 members (excludes halogenated alkanes) is 40. The molecule has 0 bridgehead atoms. The number of allylic oxidation sites excluding steroid dienone is 6. The Labute approximate surface area is 581 Å². The third-order valence-corrected chi connectivity index (χ3v) is 19.7. The summed E-state index contributed by atoms with van der Waals surface area (Å²) >= 11 is 0. The number of ether oxygens (including phenoxy) is 6. The predicted octanol–water partition coefficient (Wildman–Crippen LogP) is 12.3. The van der Waals surface area contributed by atoms with Gasteiger partial charge in [0.25, 0.3) is 0 Å². The molecule has 0 aromatic heterocycles. The zero-order chi connectivity index (χ0) is 69.6. The number of carbonyl (C=O) groups excluding carboxylic acids is 1. The summed E-state index contributed by atoms with van der Waals surface area (Å²) in [4.78, 5) is 13.5. The second-order valence-corrected chi connectivity index (χ2v) is 28.2. The van der Waals surface area contributed by atoms with Crippen LogP contribution in [0.25, 0.3) is 0 Å². The third-order valence-electron chi connectivity index (χ3n) is 19.7. The molecule has 17 unspecified atom stereocenters.